The van der Waals surface area contributed by atoms with E-state index < -0.39 is 206 Å². The normalized spacial score (nSPS) is 24.4. The summed E-state index contributed by atoms with van der Waals surface area (Å²) in [6.45, 7) is 0. The Morgan fingerprint density at radius 3 is 0.664 bits per heavy atom. The monoisotopic (exact) mass is 1930 g/mol. The molecule has 9 unspecified atom stereocenters. The number of hydrogen-bond acceptors (Lipinski definition) is 42. The zero-order valence-corrected chi connectivity index (χ0v) is 70.2. The first-order valence-electron chi connectivity index (χ1n) is 38.4. The van der Waals surface area contributed by atoms with Crippen LogP contribution in [0.2, 0.25) is 0 Å². The predicted molar refractivity (Wildman–Crippen MR) is 373 cm³/mol. The number of rotatable bonds is 35. The Labute approximate surface area is 718 Å². The molecule has 9 atom stereocenters. The molecule has 0 aliphatic heterocycles. The predicted octanol–water partition coefficient (Wildman–Crippen LogP) is 11.6. The molecular weight excluding hydrogens is 1840 g/mol. The molecule has 0 aromatic carbocycles. The SMILES string of the molecule is O=C(OC1CC2CCC1C2)C(F)(F)SOO[O-].O=C(OC1CCC2CCCC2C1)C(F)(F)SOO[O-].O=C(OC1CCC2CCCCC2C1)C(F)(F)SOO[O-].O=C(OC1CCCC1)C(F)(F)SOO[O-].O=C(OC1CCCCC1)C(F)(F)SOO[O-].O=C(OC1CCCCCC1)C(F)(F)SOO[O-].O=C(OC1CCCCCCC1)C(F)(F)SOO[O-]. The van der Waals surface area contributed by atoms with Gasteiger partial charge in [-0.05, 0) is 202 Å². The highest BCUT2D eigenvalue weighted by atomic mass is 32.2. The molecule has 0 saturated heterocycles. The summed E-state index contributed by atoms with van der Waals surface area (Å²) in [6.07, 6.45) is 30.6. The number of esters is 7. The first-order chi connectivity index (χ1) is 57.8. The Morgan fingerprint density at radius 1 is 0.205 bits per heavy atom. The molecule has 0 radical (unpaired) electrons. The van der Waals surface area contributed by atoms with Gasteiger partial charge in [0.05, 0.1) is 0 Å². The van der Waals surface area contributed by atoms with Crippen molar-refractivity contribution in [2.75, 3.05) is 0 Å². The van der Waals surface area contributed by atoms with E-state index in [0.717, 1.165) is 148 Å². The lowest BCUT2D eigenvalue weighted by atomic mass is 9.70. The van der Waals surface area contributed by atoms with Crippen LogP contribution in [0.4, 0.5) is 61.5 Å². The summed E-state index contributed by atoms with van der Waals surface area (Å²) in [6, 6.07) is 0. The molecule has 122 heavy (non-hydrogen) atoms. The molecule has 10 aliphatic rings. The van der Waals surface area contributed by atoms with E-state index >= 15 is 0 Å². The molecular formula is C66H91F14O35S7-7. The summed E-state index contributed by atoms with van der Waals surface area (Å²) in [5.41, 5.74) is 0. The van der Waals surface area contributed by atoms with Gasteiger partial charge in [-0.25, -0.2) is 33.6 Å². The van der Waals surface area contributed by atoms with E-state index in [2.05, 4.69) is 79.8 Å². The third kappa shape index (κ3) is 42.7. The zero-order valence-electron chi connectivity index (χ0n) is 64.5. The Kier molecular flexibility index (Phi) is 53.4. The van der Waals surface area contributed by atoms with E-state index in [9.17, 15) is 132 Å². The summed E-state index contributed by atoms with van der Waals surface area (Å²) in [4.78, 5) is 78.1. The number of carbonyl (C=O) groups is 7. The topological polar surface area (TPSA) is 475 Å². The van der Waals surface area contributed by atoms with E-state index in [0.29, 0.717) is 113 Å². The van der Waals surface area contributed by atoms with Gasteiger partial charge in [0.2, 0.25) is 0 Å². The molecule has 10 fully saturated rings. The number of alkyl halides is 14. The number of hydrogen-bond donors (Lipinski definition) is 0. The number of carbonyl (C=O) groups excluding carboxylic acids is 7. The Bertz CT molecular complexity index is 2990. The Hall–Kier alpha value is -3.08. The minimum absolute atomic E-state index is 0.196. The van der Waals surface area contributed by atoms with Crippen molar-refractivity contribution in [1.82, 2.24) is 0 Å². The molecule has 35 nitrogen and oxygen atoms in total. The second-order valence-corrected chi connectivity index (χ2v) is 34.8. The number of halogens is 14. The average Bonchev–Trinajstić information content (AvgIpc) is 1.67. The molecule has 0 N–H and O–H groups in total. The molecule has 0 amide bonds. The lowest BCUT2D eigenvalue weighted by Crippen LogP contribution is -2.37. The van der Waals surface area contributed by atoms with Gasteiger partial charge in [0.15, 0.2) is 0 Å². The molecule has 10 saturated carbocycles. The van der Waals surface area contributed by atoms with Crippen molar-refractivity contribution in [2.24, 2.45) is 35.5 Å². The van der Waals surface area contributed by atoms with E-state index in [-0.39, 0.29) is 5.92 Å². The van der Waals surface area contributed by atoms with Gasteiger partial charge in [-0.3, -0.25) is 35.3 Å². The van der Waals surface area contributed by atoms with Gasteiger partial charge in [-0.1, -0.05) is 83.5 Å². The Morgan fingerprint density at radius 2 is 0.410 bits per heavy atom. The van der Waals surface area contributed by atoms with Crippen LogP contribution in [-0.4, -0.2) is 121 Å². The van der Waals surface area contributed by atoms with Crippen molar-refractivity contribution in [3.8, 4) is 0 Å². The first-order valence-corrected chi connectivity index (χ1v) is 43.6. The van der Waals surface area contributed by atoms with Crippen LogP contribution < -0.4 is 36.8 Å². The van der Waals surface area contributed by atoms with Crippen molar-refractivity contribution in [2.45, 2.75) is 330 Å². The Balaban J connectivity index is 0.000000299. The number of ether oxygens (including phenoxy) is 7. The van der Waals surface area contributed by atoms with Gasteiger partial charge in [-0.2, -0.15) is 91.8 Å². The molecule has 10 aliphatic carbocycles. The van der Waals surface area contributed by atoms with Crippen LogP contribution in [0.15, 0.2) is 0 Å². The van der Waals surface area contributed by atoms with Crippen molar-refractivity contribution < 1.29 is 231 Å². The molecule has 56 heteroatoms. The van der Waals surface area contributed by atoms with Crippen LogP contribution in [0.1, 0.15) is 250 Å². The standard InChI is InChI=1S/C12H18F2O5S.C11H16F2O5S.C10H16F2O5S.C9H12F2O5S.C9H14F2O5S.C8H12F2O5S.C7H10F2O5S/c13-12(14,20-19-18-16)11(15)17-10-6-5-8-3-1-2-4-9(8)7-10;12-11(13,19-18-17-15)10(14)16-9-5-4-7-2-1-3-8(7)6-9;11-10(12,18-17-16-14)9(13)15-8-6-4-2-1-3-5-7-8;10-9(11,17-16-15-13)8(12)14-7-4-5-1-2-6(7)3-5;10-9(11,17-16-15-13)8(12)14-7-5-3-1-2-4-6-7;9-8(10,16-15-14-12)7(11)13-6-4-2-1-3-5-6;8-7(9,15-14-13-11)6(10)12-5-3-1-2-4-5/h8-10,16H,1-7H2;7-9,15H,1-6H2;8,14H,1-7H2;5-7,13H,1-4H2;7,13H,1-6H2;6,12H,1-5H2;5,11H,1-4H2/p-7. The van der Waals surface area contributed by atoms with E-state index in [1.54, 1.807) is 0 Å². The quantitative estimate of drug-likeness (QED) is 0.0108. The highest BCUT2D eigenvalue weighted by molar-refractivity contribution is 7.97. The lowest BCUT2D eigenvalue weighted by molar-refractivity contribution is -0.777. The van der Waals surface area contributed by atoms with Gasteiger partial charge in [-0.15, -0.1) is 0 Å². The third-order valence-corrected chi connectivity index (χ3v) is 24.3. The summed E-state index contributed by atoms with van der Waals surface area (Å²) in [5.74, 6) is -8.94. The van der Waals surface area contributed by atoms with Crippen LogP contribution in [-0.2, 0) is 132 Å². The van der Waals surface area contributed by atoms with E-state index in [1.165, 1.54) is 19.3 Å². The molecule has 0 aromatic heterocycles. The lowest BCUT2D eigenvalue weighted by Gasteiger charge is -2.39. The summed E-state index contributed by atoms with van der Waals surface area (Å²) < 4.78 is 240. The maximum Gasteiger partial charge on any atom is 0.415 e. The zero-order chi connectivity index (χ0) is 90.4. The highest BCUT2D eigenvalue weighted by Crippen LogP contribution is 2.49. The summed E-state index contributed by atoms with van der Waals surface area (Å²) in [5, 5.41) is 57.8. The van der Waals surface area contributed by atoms with Gasteiger partial charge < -0.3 is 70.0 Å². The maximum absolute atomic E-state index is 13.2. The van der Waals surface area contributed by atoms with Crippen LogP contribution in [0, 0.1) is 35.5 Å². The maximum atomic E-state index is 13.2. The van der Waals surface area contributed by atoms with Gasteiger partial charge in [0.1, 0.15) is 127 Å². The summed E-state index contributed by atoms with van der Waals surface area (Å²) >= 11 is -4.60. The fraction of sp³-hybridized carbons (Fsp3) is 0.894. The molecule has 2 bridgehead atoms. The van der Waals surface area contributed by atoms with E-state index in [1.807, 2.05) is 0 Å². The molecule has 10 rings (SSSR count). The van der Waals surface area contributed by atoms with E-state index in [4.69, 9.17) is 18.9 Å². The van der Waals surface area contributed by atoms with Crippen molar-refractivity contribution in [3.63, 3.8) is 0 Å². The third-order valence-electron chi connectivity index (χ3n) is 20.8. The largest absolute Gasteiger partial charge is 0.691 e. The minimum Gasteiger partial charge on any atom is -0.691 e. The summed E-state index contributed by atoms with van der Waals surface area (Å²) in [7, 11) is 0. The minimum atomic E-state index is -3.94. The molecule has 0 aromatic rings. The smallest absolute Gasteiger partial charge is 0.415 e. The molecule has 0 spiro atoms. The van der Waals surface area contributed by atoms with Gasteiger partial charge in [0, 0.05) is 0 Å². The fourth-order valence-electron chi connectivity index (χ4n) is 15.3. The van der Waals surface area contributed by atoms with Crippen molar-refractivity contribution in [1.29, 1.82) is 0 Å². The van der Waals surface area contributed by atoms with Crippen LogP contribution in [0.5, 0.6) is 0 Å². The highest BCUT2D eigenvalue weighted by Gasteiger charge is 2.53. The second kappa shape index (κ2) is 58.6. The molecule has 712 valence electrons. The first kappa shape index (κ1) is 111. The number of fused-ring (bicyclic) bond motifs is 4. The van der Waals surface area contributed by atoms with Crippen molar-refractivity contribution in [3.05, 3.63) is 0 Å². The average molecular weight is 1930 g/mol. The second-order valence-electron chi connectivity index (χ2n) is 29.1. The van der Waals surface area contributed by atoms with Gasteiger partial charge >= 0.3 is 78.6 Å². The fourth-order valence-corrected chi connectivity index (χ4v) is 16.9. The van der Waals surface area contributed by atoms with Crippen LogP contribution >= 0.6 is 84.3 Å². The van der Waals surface area contributed by atoms with Crippen LogP contribution in [0.25, 0.3) is 0 Å². The van der Waals surface area contributed by atoms with Crippen LogP contribution in [0.3, 0.4) is 0 Å². The van der Waals surface area contributed by atoms with Crippen molar-refractivity contribution >= 4 is 126 Å². The van der Waals surface area contributed by atoms with Gasteiger partial charge in [0.25, 0.3) is 0 Å². The molecule has 0 heterocycles.